The number of halogens is 1. The molecular formula is C17H17FN2O3S. The van der Waals surface area contributed by atoms with Gasteiger partial charge >= 0.3 is 5.97 Å². The smallest absolute Gasteiger partial charge is 0.311 e. The minimum Gasteiger partial charge on any atom is -0.481 e. The van der Waals surface area contributed by atoms with Gasteiger partial charge in [0.05, 0.1) is 11.6 Å². The van der Waals surface area contributed by atoms with Gasteiger partial charge in [-0.2, -0.15) is 0 Å². The van der Waals surface area contributed by atoms with Crippen molar-refractivity contribution in [1.29, 1.82) is 0 Å². The Morgan fingerprint density at radius 3 is 2.83 bits per heavy atom. The van der Waals surface area contributed by atoms with Gasteiger partial charge in [-0.15, -0.1) is 11.3 Å². The average molecular weight is 348 g/mol. The van der Waals surface area contributed by atoms with Crippen molar-refractivity contribution < 1.29 is 19.1 Å². The predicted molar refractivity (Wildman–Crippen MR) is 88.4 cm³/mol. The summed E-state index contributed by atoms with van der Waals surface area (Å²) in [7, 11) is 0. The zero-order valence-electron chi connectivity index (χ0n) is 13.2. The van der Waals surface area contributed by atoms with Gasteiger partial charge in [-0.05, 0) is 31.9 Å². The molecule has 126 valence electrons. The van der Waals surface area contributed by atoms with Gasteiger partial charge in [0.25, 0.3) is 5.91 Å². The van der Waals surface area contributed by atoms with Crippen molar-refractivity contribution in [3.63, 3.8) is 0 Å². The summed E-state index contributed by atoms with van der Waals surface area (Å²) in [6, 6.07) is 6.27. The number of benzene rings is 1. The lowest BCUT2D eigenvalue weighted by Gasteiger charge is -2.37. The molecule has 0 bridgehead atoms. The minimum atomic E-state index is -0.924. The van der Waals surface area contributed by atoms with Crippen LogP contribution >= 0.6 is 11.3 Å². The Hall–Kier alpha value is -2.28. The molecule has 1 amide bonds. The Balaban J connectivity index is 1.81. The number of nitrogens with zero attached hydrogens (tertiary/aromatic N) is 2. The largest absolute Gasteiger partial charge is 0.481 e. The van der Waals surface area contributed by atoms with Crippen molar-refractivity contribution >= 4 is 23.2 Å². The molecule has 0 saturated carbocycles. The summed E-state index contributed by atoms with van der Waals surface area (Å²) in [5.74, 6) is -1.53. The molecule has 1 aliphatic heterocycles. The Morgan fingerprint density at radius 1 is 1.38 bits per heavy atom. The zero-order valence-corrected chi connectivity index (χ0v) is 14.0. The maximum Gasteiger partial charge on any atom is 0.311 e. The number of amides is 1. The average Bonchev–Trinajstić information content (AvgIpc) is 3.04. The second-order valence-electron chi connectivity index (χ2n) is 6.21. The summed E-state index contributed by atoms with van der Waals surface area (Å²) in [6.45, 7) is 2.36. The van der Waals surface area contributed by atoms with E-state index in [1.54, 1.807) is 30.0 Å². The van der Waals surface area contributed by atoms with E-state index in [1.165, 1.54) is 12.3 Å². The molecule has 1 N–H and O–H groups in total. The highest BCUT2D eigenvalue weighted by Gasteiger charge is 2.39. The van der Waals surface area contributed by atoms with Crippen LogP contribution in [0.25, 0.3) is 10.6 Å². The summed E-state index contributed by atoms with van der Waals surface area (Å²) in [5.41, 5.74) is -0.567. The normalized spacial score (nSPS) is 20.8. The molecule has 1 unspecified atom stereocenters. The molecule has 2 aromatic rings. The first-order valence-corrected chi connectivity index (χ1v) is 8.46. The van der Waals surface area contributed by atoms with Crippen molar-refractivity contribution in [3.8, 4) is 10.6 Å². The number of aliphatic carboxylic acids is 1. The Kier molecular flexibility index (Phi) is 4.36. The van der Waals surface area contributed by atoms with Gasteiger partial charge in [-0.3, -0.25) is 9.59 Å². The molecule has 1 atom stereocenters. The van der Waals surface area contributed by atoms with E-state index in [1.807, 2.05) is 0 Å². The van der Waals surface area contributed by atoms with Crippen molar-refractivity contribution in [2.45, 2.75) is 19.8 Å². The number of rotatable bonds is 3. The van der Waals surface area contributed by atoms with Crippen molar-refractivity contribution in [2.75, 3.05) is 13.1 Å². The maximum absolute atomic E-state index is 13.8. The van der Waals surface area contributed by atoms with Crippen molar-refractivity contribution in [2.24, 2.45) is 5.41 Å². The van der Waals surface area contributed by atoms with E-state index in [4.69, 9.17) is 0 Å². The summed E-state index contributed by atoms with van der Waals surface area (Å²) in [5, 5.41) is 9.80. The van der Waals surface area contributed by atoms with E-state index in [0.29, 0.717) is 34.8 Å². The van der Waals surface area contributed by atoms with Gasteiger partial charge in [-0.25, -0.2) is 9.37 Å². The van der Waals surface area contributed by atoms with Crippen LogP contribution in [0.3, 0.4) is 0 Å². The number of hydrogen-bond donors (Lipinski definition) is 1. The molecule has 24 heavy (non-hydrogen) atoms. The van der Waals surface area contributed by atoms with E-state index >= 15 is 0 Å². The Morgan fingerprint density at radius 2 is 2.12 bits per heavy atom. The van der Waals surface area contributed by atoms with Crippen LogP contribution in [0.4, 0.5) is 4.39 Å². The molecule has 5 nitrogen and oxygen atoms in total. The molecular weight excluding hydrogens is 331 g/mol. The molecule has 1 aromatic heterocycles. The molecule has 2 heterocycles. The highest BCUT2D eigenvalue weighted by atomic mass is 32.1. The summed E-state index contributed by atoms with van der Waals surface area (Å²) < 4.78 is 13.8. The highest BCUT2D eigenvalue weighted by Crippen LogP contribution is 2.32. The third-order valence-corrected chi connectivity index (χ3v) is 5.34. The number of hydrogen-bond acceptors (Lipinski definition) is 4. The summed E-state index contributed by atoms with van der Waals surface area (Å²) >= 11 is 1.12. The van der Waals surface area contributed by atoms with Gasteiger partial charge in [0.1, 0.15) is 15.7 Å². The van der Waals surface area contributed by atoms with Crippen LogP contribution in [0.2, 0.25) is 0 Å². The van der Waals surface area contributed by atoms with E-state index in [9.17, 15) is 19.1 Å². The lowest BCUT2D eigenvalue weighted by Crippen LogP contribution is -2.48. The third kappa shape index (κ3) is 3.03. The number of likely N-dealkylation sites (tertiary alicyclic amines) is 1. The predicted octanol–water partition coefficient (Wildman–Crippen LogP) is 3.28. The molecule has 3 rings (SSSR count). The molecule has 7 heteroatoms. The summed E-state index contributed by atoms with van der Waals surface area (Å²) in [4.78, 5) is 30.2. The van der Waals surface area contributed by atoms with E-state index in [-0.39, 0.29) is 18.3 Å². The first kappa shape index (κ1) is 16.6. The number of carboxylic acid groups (broad SMARTS) is 1. The van der Waals surface area contributed by atoms with Gasteiger partial charge in [0.15, 0.2) is 0 Å². The van der Waals surface area contributed by atoms with Crippen LogP contribution in [0.1, 0.15) is 29.4 Å². The highest BCUT2D eigenvalue weighted by molar-refractivity contribution is 7.16. The molecule has 1 saturated heterocycles. The van der Waals surface area contributed by atoms with Gasteiger partial charge in [0.2, 0.25) is 0 Å². The van der Waals surface area contributed by atoms with Crippen LogP contribution in [-0.4, -0.2) is 40.0 Å². The molecule has 1 fully saturated rings. The fraction of sp³-hybridized carbons (Fsp3) is 0.353. The third-order valence-electron chi connectivity index (χ3n) is 4.32. The van der Waals surface area contributed by atoms with Crippen molar-refractivity contribution in [1.82, 2.24) is 9.88 Å². The second kappa shape index (κ2) is 6.32. The lowest BCUT2D eigenvalue weighted by molar-refractivity contribution is -0.150. The zero-order chi connectivity index (χ0) is 17.3. The summed E-state index contributed by atoms with van der Waals surface area (Å²) in [6.07, 6.45) is 2.63. The first-order chi connectivity index (χ1) is 11.4. The molecule has 1 aromatic carbocycles. The van der Waals surface area contributed by atoms with E-state index in [0.717, 1.165) is 11.3 Å². The second-order valence-corrected chi connectivity index (χ2v) is 7.24. The fourth-order valence-electron chi connectivity index (χ4n) is 2.88. The van der Waals surface area contributed by atoms with E-state index in [2.05, 4.69) is 4.98 Å². The topological polar surface area (TPSA) is 70.5 Å². The van der Waals surface area contributed by atoms with Gasteiger partial charge in [-0.1, -0.05) is 12.1 Å². The van der Waals surface area contributed by atoms with Crippen LogP contribution in [-0.2, 0) is 4.79 Å². The number of carboxylic acids is 1. The van der Waals surface area contributed by atoms with Gasteiger partial charge in [0, 0.05) is 18.7 Å². The number of carbonyl (C=O) groups excluding carboxylic acids is 1. The quantitative estimate of drug-likeness (QED) is 0.924. The standard InChI is InChI=1S/C17H17FN2O3S/c1-17(16(22)23)7-4-8-20(10-17)15(21)13-9-19-14(24-13)11-5-2-3-6-12(11)18/h2-3,5-6,9H,4,7-8,10H2,1H3,(H,22,23). The number of thiazole rings is 1. The monoisotopic (exact) mass is 348 g/mol. The Labute approximate surface area is 142 Å². The first-order valence-electron chi connectivity index (χ1n) is 7.64. The Bertz CT molecular complexity index is 792. The van der Waals surface area contributed by atoms with Crippen molar-refractivity contribution in [3.05, 3.63) is 41.2 Å². The molecule has 0 spiro atoms. The van der Waals surface area contributed by atoms with Crippen LogP contribution in [0.5, 0.6) is 0 Å². The number of piperidine rings is 1. The SMILES string of the molecule is CC1(C(=O)O)CCCN(C(=O)c2cnc(-c3ccccc3F)s2)C1. The van der Waals surface area contributed by atoms with E-state index < -0.39 is 11.4 Å². The lowest BCUT2D eigenvalue weighted by atomic mass is 9.82. The van der Waals surface area contributed by atoms with Crippen LogP contribution in [0, 0.1) is 11.2 Å². The number of aromatic nitrogens is 1. The molecule has 1 aliphatic rings. The molecule has 0 radical (unpaired) electrons. The molecule has 0 aliphatic carbocycles. The number of carbonyl (C=O) groups is 2. The minimum absolute atomic E-state index is 0.175. The van der Waals surface area contributed by atoms with Gasteiger partial charge < -0.3 is 10.0 Å². The van der Waals surface area contributed by atoms with Crippen LogP contribution < -0.4 is 0 Å². The maximum atomic E-state index is 13.8. The van der Waals surface area contributed by atoms with Crippen LogP contribution in [0.15, 0.2) is 30.5 Å². The fourth-order valence-corrected chi connectivity index (χ4v) is 3.79.